The standard InChI is InChI=1S/C16H22N2OS/c1-16(19-2)6-4-11-12-10-17-7-5-13(12)18-8-3-9-20-15(16)14(11)18/h3,9,13,17H,4-8,10H2,1-2H3. The molecule has 3 nitrogen and oxygen atoms in total. The van der Waals surface area contributed by atoms with Crippen LogP contribution in [0.15, 0.2) is 33.2 Å². The maximum absolute atomic E-state index is 5.90. The summed E-state index contributed by atoms with van der Waals surface area (Å²) in [7, 11) is 1.86. The van der Waals surface area contributed by atoms with Gasteiger partial charge in [-0.05, 0) is 49.3 Å². The average Bonchev–Trinajstić information content (AvgIpc) is 2.64. The number of allylic oxidation sites excluding steroid dienone is 1. The molecule has 0 bridgehead atoms. The van der Waals surface area contributed by atoms with Gasteiger partial charge in [0.1, 0.15) is 0 Å². The van der Waals surface area contributed by atoms with E-state index in [2.05, 4.69) is 28.6 Å². The van der Waals surface area contributed by atoms with E-state index in [4.69, 9.17) is 4.74 Å². The predicted molar refractivity (Wildman–Crippen MR) is 83.4 cm³/mol. The van der Waals surface area contributed by atoms with Crippen LogP contribution >= 0.6 is 11.8 Å². The summed E-state index contributed by atoms with van der Waals surface area (Å²) in [6.07, 6.45) is 5.80. The van der Waals surface area contributed by atoms with Gasteiger partial charge in [-0.3, -0.25) is 0 Å². The highest BCUT2D eigenvalue weighted by atomic mass is 32.2. The molecule has 0 aromatic heterocycles. The zero-order valence-electron chi connectivity index (χ0n) is 12.2. The van der Waals surface area contributed by atoms with Crippen LogP contribution < -0.4 is 5.32 Å². The molecule has 1 fully saturated rings. The van der Waals surface area contributed by atoms with Gasteiger partial charge in [0.05, 0.1) is 17.3 Å². The van der Waals surface area contributed by atoms with E-state index in [1.54, 1.807) is 11.1 Å². The first-order valence-electron chi connectivity index (χ1n) is 7.56. The number of hydrogen-bond acceptors (Lipinski definition) is 4. The van der Waals surface area contributed by atoms with Crippen LogP contribution in [0.3, 0.4) is 0 Å². The number of fused-ring (bicyclic) bond motifs is 2. The Morgan fingerprint density at radius 1 is 1.50 bits per heavy atom. The summed E-state index contributed by atoms with van der Waals surface area (Å²) < 4.78 is 5.90. The van der Waals surface area contributed by atoms with Crippen molar-refractivity contribution in [3.05, 3.63) is 33.2 Å². The van der Waals surface area contributed by atoms with Crippen LogP contribution in [0.25, 0.3) is 0 Å². The molecule has 0 amide bonds. The lowest BCUT2D eigenvalue weighted by atomic mass is 9.85. The topological polar surface area (TPSA) is 24.5 Å². The lowest BCUT2D eigenvalue weighted by Gasteiger charge is -2.38. The molecular weight excluding hydrogens is 268 g/mol. The summed E-state index contributed by atoms with van der Waals surface area (Å²) in [5, 5.41) is 5.81. The number of hydrogen-bond donors (Lipinski definition) is 1. The van der Waals surface area contributed by atoms with Gasteiger partial charge in [0.25, 0.3) is 0 Å². The normalized spacial score (nSPS) is 36.1. The third-order valence-corrected chi connectivity index (χ3v) is 6.42. The summed E-state index contributed by atoms with van der Waals surface area (Å²) in [6.45, 7) is 5.51. The monoisotopic (exact) mass is 290 g/mol. The van der Waals surface area contributed by atoms with Crippen molar-refractivity contribution in [1.29, 1.82) is 0 Å². The Bertz CT molecular complexity index is 537. The average molecular weight is 290 g/mol. The molecule has 0 spiro atoms. The van der Waals surface area contributed by atoms with Gasteiger partial charge >= 0.3 is 0 Å². The summed E-state index contributed by atoms with van der Waals surface area (Å²) in [5.41, 5.74) is 4.65. The Labute approximate surface area is 125 Å². The summed E-state index contributed by atoms with van der Waals surface area (Å²) in [4.78, 5) is 4.06. The Morgan fingerprint density at radius 3 is 3.25 bits per heavy atom. The summed E-state index contributed by atoms with van der Waals surface area (Å²) in [5.74, 6) is 0. The van der Waals surface area contributed by atoms with Crippen molar-refractivity contribution < 1.29 is 4.74 Å². The molecule has 1 N–H and O–H groups in total. The van der Waals surface area contributed by atoms with Gasteiger partial charge in [-0.2, -0.15) is 0 Å². The van der Waals surface area contributed by atoms with Crippen LogP contribution in [-0.2, 0) is 4.74 Å². The van der Waals surface area contributed by atoms with E-state index >= 15 is 0 Å². The minimum absolute atomic E-state index is 0.113. The maximum Gasteiger partial charge on any atom is 0.0984 e. The van der Waals surface area contributed by atoms with Crippen LogP contribution in [0.5, 0.6) is 0 Å². The van der Waals surface area contributed by atoms with Crippen molar-refractivity contribution in [1.82, 2.24) is 10.2 Å². The Balaban J connectivity index is 1.90. The Morgan fingerprint density at radius 2 is 2.40 bits per heavy atom. The van der Waals surface area contributed by atoms with Crippen molar-refractivity contribution in [2.24, 2.45) is 0 Å². The molecular formula is C16H22N2OS. The van der Waals surface area contributed by atoms with Gasteiger partial charge in [0, 0.05) is 25.1 Å². The zero-order valence-corrected chi connectivity index (χ0v) is 13.1. The van der Waals surface area contributed by atoms with Crippen molar-refractivity contribution >= 4 is 11.8 Å². The fourth-order valence-electron chi connectivity index (χ4n) is 4.03. The fraction of sp³-hybridized carbons (Fsp3) is 0.625. The first-order chi connectivity index (χ1) is 9.74. The van der Waals surface area contributed by atoms with Gasteiger partial charge < -0.3 is 15.0 Å². The van der Waals surface area contributed by atoms with E-state index in [1.165, 1.54) is 17.0 Å². The number of thioether (sulfide) groups is 1. The molecule has 2 atom stereocenters. The van der Waals surface area contributed by atoms with E-state index in [-0.39, 0.29) is 5.60 Å². The molecule has 4 heteroatoms. The molecule has 1 saturated heterocycles. The first-order valence-corrected chi connectivity index (χ1v) is 8.44. The van der Waals surface area contributed by atoms with Gasteiger partial charge in [-0.25, -0.2) is 0 Å². The Kier molecular flexibility index (Phi) is 3.02. The molecule has 0 saturated carbocycles. The molecule has 2 unspecified atom stereocenters. The van der Waals surface area contributed by atoms with Crippen molar-refractivity contribution in [2.45, 2.75) is 37.8 Å². The smallest absolute Gasteiger partial charge is 0.0984 e. The third kappa shape index (κ3) is 1.68. The zero-order chi connectivity index (χ0) is 13.7. The lowest BCUT2D eigenvalue weighted by molar-refractivity contribution is 0.0331. The van der Waals surface area contributed by atoms with E-state index in [0.29, 0.717) is 6.04 Å². The van der Waals surface area contributed by atoms with Gasteiger partial charge in [-0.15, -0.1) is 0 Å². The van der Waals surface area contributed by atoms with Crippen LogP contribution in [-0.4, -0.2) is 43.3 Å². The molecule has 108 valence electrons. The molecule has 3 aliphatic heterocycles. The van der Waals surface area contributed by atoms with Crippen LogP contribution in [0.1, 0.15) is 26.2 Å². The number of ether oxygens (including phenoxy) is 1. The van der Waals surface area contributed by atoms with E-state index in [0.717, 1.165) is 32.5 Å². The second-order valence-corrected chi connectivity index (χ2v) is 7.16. The predicted octanol–water partition coefficient (Wildman–Crippen LogP) is 2.63. The largest absolute Gasteiger partial charge is 0.373 e. The molecule has 4 aliphatic rings. The van der Waals surface area contributed by atoms with Gasteiger partial charge in [-0.1, -0.05) is 17.8 Å². The molecule has 3 heterocycles. The van der Waals surface area contributed by atoms with E-state index in [9.17, 15) is 0 Å². The molecule has 0 aromatic rings. The van der Waals surface area contributed by atoms with Gasteiger partial charge in [0.2, 0.25) is 0 Å². The minimum Gasteiger partial charge on any atom is -0.373 e. The maximum atomic E-state index is 5.90. The second-order valence-electron chi connectivity index (χ2n) is 6.24. The van der Waals surface area contributed by atoms with E-state index in [1.807, 2.05) is 18.9 Å². The highest BCUT2D eigenvalue weighted by molar-refractivity contribution is 8.06. The minimum atomic E-state index is -0.113. The highest BCUT2D eigenvalue weighted by Gasteiger charge is 2.46. The summed E-state index contributed by atoms with van der Waals surface area (Å²) >= 11 is 1.87. The summed E-state index contributed by atoms with van der Waals surface area (Å²) in [6, 6.07) is 0.624. The first kappa shape index (κ1) is 13.0. The van der Waals surface area contributed by atoms with Crippen LogP contribution in [0.2, 0.25) is 0 Å². The second kappa shape index (κ2) is 4.65. The molecule has 0 aromatic carbocycles. The number of methoxy groups -OCH3 is 1. The molecule has 1 aliphatic carbocycles. The number of nitrogens with zero attached hydrogens (tertiary/aromatic N) is 1. The third-order valence-electron chi connectivity index (χ3n) is 5.23. The number of piperidine rings is 1. The Hall–Kier alpha value is -0.710. The number of nitrogens with one attached hydrogen (secondary N) is 1. The van der Waals surface area contributed by atoms with Crippen molar-refractivity contribution in [3.8, 4) is 0 Å². The van der Waals surface area contributed by atoms with Crippen molar-refractivity contribution in [3.63, 3.8) is 0 Å². The van der Waals surface area contributed by atoms with E-state index < -0.39 is 0 Å². The molecule has 4 rings (SSSR count). The number of rotatable bonds is 1. The van der Waals surface area contributed by atoms with Crippen LogP contribution in [0.4, 0.5) is 0 Å². The van der Waals surface area contributed by atoms with Gasteiger partial charge in [0.15, 0.2) is 0 Å². The fourth-order valence-corrected chi connectivity index (χ4v) is 5.13. The SMILES string of the molecule is COC1(C)CCC2=C3CNCCC3N3CC=CSC1=C23. The molecule has 20 heavy (non-hydrogen) atoms. The molecule has 0 radical (unpaired) electrons. The highest BCUT2D eigenvalue weighted by Crippen LogP contribution is 2.52. The lowest BCUT2D eigenvalue weighted by Crippen LogP contribution is -2.41. The quantitative estimate of drug-likeness (QED) is 0.802. The van der Waals surface area contributed by atoms with Crippen molar-refractivity contribution in [2.75, 3.05) is 26.7 Å². The van der Waals surface area contributed by atoms with Crippen LogP contribution in [0, 0.1) is 0 Å².